The second kappa shape index (κ2) is 7.44. The van der Waals surface area contributed by atoms with Gasteiger partial charge >= 0.3 is 0 Å². The molecule has 146 valence electrons. The van der Waals surface area contributed by atoms with E-state index in [1.165, 1.54) is 0 Å². The normalized spacial score (nSPS) is 16.2. The molecule has 0 amide bonds. The fourth-order valence-corrected chi connectivity index (χ4v) is 3.40. The van der Waals surface area contributed by atoms with Crippen LogP contribution in [0.3, 0.4) is 0 Å². The van der Waals surface area contributed by atoms with Crippen LogP contribution in [0.2, 0.25) is 0 Å². The predicted molar refractivity (Wildman–Crippen MR) is 104 cm³/mol. The summed E-state index contributed by atoms with van der Waals surface area (Å²) < 4.78 is 13.3. The Morgan fingerprint density at radius 1 is 1.17 bits per heavy atom. The monoisotopic (exact) mass is 389 g/mol. The number of rotatable bonds is 5. The summed E-state index contributed by atoms with van der Waals surface area (Å²) in [6, 6.07) is 13.4. The average Bonchev–Trinajstić information content (AvgIpc) is 3.50. The van der Waals surface area contributed by atoms with Crippen molar-refractivity contribution in [2.24, 2.45) is 0 Å². The largest absolute Gasteiger partial charge is 0.438 e. The Kier molecular flexibility index (Phi) is 4.49. The zero-order valence-corrected chi connectivity index (χ0v) is 15.8. The maximum atomic E-state index is 5.90. The molecule has 0 bridgehead atoms. The molecular formula is C20H19N7O2. The molecule has 9 nitrogen and oxygen atoms in total. The number of aromatic nitrogens is 6. The van der Waals surface area contributed by atoms with Gasteiger partial charge in [0.05, 0.1) is 17.3 Å². The molecule has 0 radical (unpaired) electrons. The lowest BCUT2D eigenvalue weighted by atomic mass is 10.2. The van der Waals surface area contributed by atoms with Crippen LogP contribution in [0.15, 0.2) is 53.2 Å². The molecule has 1 aromatic carbocycles. The van der Waals surface area contributed by atoms with Gasteiger partial charge in [0.1, 0.15) is 5.75 Å². The summed E-state index contributed by atoms with van der Waals surface area (Å²) in [6.07, 6.45) is 2.68. The third kappa shape index (κ3) is 3.36. The van der Waals surface area contributed by atoms with Gasteiger partial charge in [-0.2, -0.15) is 4.98 Å². The number of benzene rings is 1. The quantitative estimate of drug-likeness (QED) is 0.555. The van der Waals surface area contributed by atoms with Crippen LogP contribution in [-0.2, 0) is 0 Å². The van der Waals surface area contributed by atoms with Crippen LogP contribution >= 0.6 is 0 Å². The molecule has 4 heterocycles. The fourth-order valence-electron chi connectivity index (χ4n) is 3.40. The number of hydrogen-bond acceptors (Lipinski definition) is 8. The molecule has 4 aromatic rings. The molecule has 0 spiro atoms. The maximum Gasteiger partial charge on any atom is 0.280 e. The molecule has 1 atom stereocenters. The Hall–Kier alpha value is -3.59. The zero-order valence-electron chi connectivity index (χ0n) is 15.8. The van der Waals surface area contributed by atoms with Gasteiger partial charge in [0.15, 0.2) is 5.69 Å². The summed E-state index contributed by atoms with van der Waals surface area (Å²) in [6.45, 7) is 3.83. The number of para-hydroxylation sites is 1. The molecule has 5 rings (SSSR count). The van der Waals surface area contributed by atoms with Crippen LogP contribution in [0.5, 0.6) is 11.6 Å². The number of hydrogen-bond donors (Lipinski definition) is 1. The van der Waals surface area contributed by atoms with Crippen molar-refractivity contribution in [3.8, 4) is 34.6 Å². The van der Waals surface area contributed by atoms with Gasteiger partial charge in [-0.1, -0.05) is 28.6 Å². The van der Waals surface area contributed by atoms with Crippen LogP contribution in [0, 0.1) is 6.92 Å². The number of pyridine rings is 1. The summed E-state index contributed by atoms with van der Waals surface area (Å²) in [4.78, 5) is 8.85. The van der Waals surface area contributed by atoms with Gasteiger partial charge < -0.3 is 14.6 Å². The lowest BCUT2D eigenvalue weighted by molar-refractivity contribution is 0.429. The second-order valence-corrected chi connectivity index (χ2v) is 6.81. The van der Waals surface area contributed by atoms with Gasteiger partial charge in [-0.25, -0.2) is 9.67 Å². The van der Waals surface area contributed by atoms with E-state index in [1.807, 2.05) is 48.0 Å². The fraction of sp³-hybridized carbons (Fsp3) is 0.250. The van der Waals surface area contributed by atoms with Gasteiger partial charge in [0, 0.05) is 12.7 Å². The van der Waals surface area contributed by atoms with E-state index in [9.17, 15) is 0 Å². The van der Waals surface area contributed by atoms with E-state index in [0.29, 0.717) is 40.6 Å². The molecule has 3 aromatic heterocycles. The third-order valence-corrected chi connectivity index (χ3v) is 4.91. The first-order chi connectivity index (χ1) is 14.3. The Labute approximate surface area is 166 Å². The number of nitrogens with zero attached hydrogens (tertiary/aromatic N) is 6. The molecule has 0 aliphatic carbocycles. The molecule has 0 saturated carbocycles. The molecule has 1 saturated heterocycles. The maximum absolute atomic E-state index is 5.90. The van der Waals surface area contributed by atoms with Crippen molar-refractivity contribution >= 4 is 0 Å². The van der Waals surface area contributed by atoms with Gasteiger partial charge in [-0.3, -0.25) is 0 Å². The van der Waals surface area contributed by atoms with E-state index in [2.05, 4.69) is 30.8 Å². The van der Waals surface area contributed by atoms with E-state index < -0.39 is 0 Å². The van der Waals surface area contributed by atoms with Gasteiger partial charge in [-0.15, -0.1) is 5.10 Å². The SMILES string of the molecule is Cc1c(-c2nc(-c3cccnc3Oc3ccccc3)no2)nnn1C1CCNC1. The molecule has 1 N–H and O–H groups in total. The summed E-state index contributed by atoms with van der Waals surface area (Å²) in [7, 11) is 0. The summed E-state index contributed by atoms with van der Waals surface area (Å²) >= 11 is 0. The molecule has 1 unspecified atom stereocenters. The molecule has 9 heteroatoms. The molecular weight excluding hydrogens is 370 g/mol. The minimum Gasteiger partial charge on any atom is -0.438 e. The van der Waals surface area contributed by atoms with Crippen molar-refractivity contribution < 1.29 is 9.26 Å². The lowest BCUT2D eigenvalue weighted by Crippen LogP contribution is -2.15. The highest BCUT2D eigenvalue weighted by Crippen LogP contribution is 2.31. The Balaban J connectivity index is 1.45. The van der Waals surface area contributed by atoms with E-state index in [1.54, 1.807) is 12.3 Å². The van der Waals surface area contributed by atoms with Crippen molar-refractivity contribution in [2.45, 2.75) is 19.4 Å². The van der Waals surface area contributed by atoms with E-state index in [-0.39, 0.29) is 0 Å². The minimum atomic E-state index is 0.294. The molecule has 1 aliphatic heterocycles. The zero-order chi connectivity index (χ0) is 19.6. The second-order valence-electron chi connectivity index (χ2n) is 6.81. The summed E-state index contributed by atoms with van der Waals surface area (Å²) in [5, 5.41) is 16.0. The minimum absolute atomic E-state index is 0.294. The van der Waals surface area contributed by atoms with Crippen molar-refractivity contribution in [1.82, 2.24) is 35.4 Å². The van der Waals surface area contributed by atoms with Gasteiger partial charge in [-0.05, 0) is 44.2 Å². The van der Waals surface area contributed by atoms with Crippen molar-refractivity contribution in [1.29, 1.82) is 0 Å². The average molecular weight is 389 g/mol. The first kappa shape index (κ1) is 17.5. The highest BCUT2D eigenvalue weighted by molar-refractivity contribution is 5.63. The van der Waals surface area contributed by atoms with Gasteiger partial charge in [0.2, 0.25) is 11.7 Å². The van der Waals surface area contributed by atoms with Crippen LogP contribution in [0.4, 0.5) is 0 Å². The Bertz CT molecular complexity index is 1120. The van der Waals surface area contributed by atoms with E-state index in [0.717, 1.165) is 25.2 Å². The Morgan fingerprint density at radius 2 is 2.07 bits per heavy atom. The number of nitrogens with one attached hydrogen (secondary N) is 1. The molecule has 1 fully saturated rings. The highest BCUT2D eigenvalue weighted by Gasteiger charge is 2.25. The first-order valence-corrected chi connectivity index (χ1v) is 9.44. The summed E-state index contributed by atoms with van der Waals surface area (Å²) in [5.41, 5.74) is 2.13. The van der Waals surface area contributed by atoms with Crippen molar-refractivity contribution in [2.75, 3.05) is 13.1 Å². The predicted octanol–water partition coefficient (Wildman–Crippen LogP) is 3.03. The highest BCUT2D eigenvalue weighted by atomic mass is 16.5. The van der Waals surface area contributed by atoms with E-state index >= 15 is 0 Å². The van der Waals surface area contributed by atoms with Crippen molar-refractivity contribution in [3.63, 3.8) is 0 Å². The Morgan fingerprint density at radius 3 is 2.90 bits per heavy atom. The van der Waals surface area contributed by atoms with Crippen LogP contribution < -0.4 is 10.1 Å². The topological polar surface area (TPSA) is 104 Å². The van der Waals surface area contributed by atoms with Crippen molar-refractivity contribution in [3.05, 3.63) is 54.4 Å². The smallest absolute Gasteiger partial charge is 0.280 e. The van der Waals surface area contributed by atoms with E-state index in [4.69, 9.17) is 9.26 Å². The number of ether oxygens (including phenoxy) is 1. The third-order valence-electron chi connectivity index (χ3n) is 4.91. The summed E-state index contributed by atoms with van der Waals surface area (Å²) in [5.74, 6) is 1.79. The first-order valence-electron chi connectivity index (χ1n) is 9.44. The van der Waals surface area contributed by atoms with Crippen LogP contribution in [-0.4, -0.2) is 43.2 Å². The standard InChI is InChI=1S/C20H19N7O2/c1-13-17(24-26-27(13)14-9-11-21-12-14)20-23-18(25-29-20)16-8-5-10-22-19(16)28-15-6-3-2-4-7-15/h2-8,10,14,21H,9,11-12H2,1H3. The van der Waals surface area contributed by atoms with Crippen LogP contribution in [0.1, 0.15) is 18.2 Å². The molecule has 1 aliphatic rings. The van der Waals surface area contributed by atoms with Gasteiger partial charge in [0.25, 0.3) is 5.89 Å². The molecule has 29 heavy (non-hydrogen) atoms. The van der Waals surface area contributed by atoms with Crippen LogP contribution in [0.25, 0.3) is 23.0 Å². The lowest BCUT2D eigenvalue weighted by Gasteiger charge is -2.09.